The van der Waals surface area contributed by atoms with E-state index in [2.05, 4.69) is 46.3 Å². The van der Waals surface area contributed by atoms with E-state index in [1.54, 1.807) is 6.20 Å². The SMILES string of the molecule is CCC(CC)(CNc1ncc(Br)cc1Cl)SC. The van der Waals surface area contributed by atoms with Crippen LogP contribution in [0.25, 0.3) is 0 Å². The highest BCUT2D eigenvalue weighted by Gasteiger charge is 2.24. The van der Waals surface area contributed by atoms with Gasteiger partial charge in [-0.15, -0.1) is 0 Å². The van der Waals surface area contributed by atoms with Gasteiger partial charge in [0.2, 0.25) is 0 Å². The molecule has 1 heterocycles. The first kappa shape index (κ1) is 15.1. The average Bonchev–Trinajstić information content (AvgIpc) is 2.33. The van der Waals surface area contributed by atoms with Crippen molar-refractivity contribution in [2.24, 2.45) is 0 Å². The second-order valence-corrected chi connectivity index (χ2v) is 6.53. The summed E-state index contributed by atoms with van der Waals surface area (Å²) in [4.78, 5) is 4.28. The molecule has 1 N–H and O–H groups in total. The maximum Gasteiger partial charge on any atom is 0.144 e. The molecule has 1 aromatic heterocycles. The fraction of sp³-hybridized carbons (Fsp3) is 0.583. The topological polar surface area (TPSA) is 24.9 Å². The molecule has 0 amide bonds. The zero-order valence-electron chi connectivity index (χ0n) is 10.4. The normalized spacial score (nSPS) is 11.6. The number of aromatic nitrogens is 1. The van der Waals surface area contributed by atoms with Crippen LogP contribution in [-0.4, -0.2) is 22.5 Å². The highest BCUT2D eigenvalue weighted by Crippen LogP contribution is 2.31. The molecule has 0 aromatic carbocycles. The monoisotopic (exact) mass is 336 g/mol. The van der Waals surface area contributed by atoms with E-state index >= 15 is 0 Å². The van der Waals surface area contributed by atoms with Crippen molar-refractivity contribution in [3.63, 3.8) is 0 Å². The molecule has 1 rings (SSSR count). The third-order valence-electron chi connectivity index (χ3n) is 3.11. The Labute approximate surface area is 121 Å². The molecule has 96 valence electrons. The quantitative estimate of drug-likeness (QED) is 0.804. The number of thioether (sulfide) groups is 1. The van der Waals surface area contributed by atoms with E-state index in [0.717, 1.165) is 29.7 Å². The van der Waals surface area contributed by atoms with Crippen LogP contribution in [0.15, 0.2) is 16.7 Å². The Hall–Kier alpha value is 0.0700. The highest BCUT2D eigenvalue weighted by atomic mass is 79.9. The van der Waals surface area contributed by atoms with Crippen LogP contribution in [0.4, 0.5) is 5.82 Å². The molecule has 0 aliphatic rings. The number of anilines is 1. The molecule has 0 saturated heterocycles. The van der Waals surface area contributed by atoms with Gasteiger partial charge in [-0.05, 0) is 41.1 Å². The van der Waals surface area contributed by atoms with E-state index in [0.29, 0.717) is 5.02 Å². The lowest BCUT2D eigenvalue weighted by atomic mass is 10.0. The summed E-state index contributed by atoms with van der Waals surface area (Å²) in [5.74, 6) is 0.759. The number of nitrogens with zero attached hydrogens (tertiary/aromatic N) is 1. The van der Waals surface area contributed by atoms with Gasteiger partial charge in [-0.3, -0.25) is 0 Å². The molecular weight excluding hydrogens is 320 g/mol. The lowest BCUT2D eigenvalue weighted by Crippen LogP contribution is -2.32. The average molecular weight is 338 g/mol. The van der Waals surface area contributed by atoms with Gasteiger partial charge >= 0.3 is 0 Å². The Kier molecular flexibility index (Phi) is 6.10. The van der Waals surface area contributed by atoms with Crippen LogP contribution in [0.3, 0.4) is 0 Å². The van der Waals surface area contributed by atoms with Crippen molar-refractivity contribution in [1.82, 2.24) is 4.98 Å². The first-order valence-corrected chi connectivity index (χ1v) is 8.06. The van der Waals surface area contributed by atoms with Gasteiger partial charge in [0.25, 0.3) is 0 Å². The van der Waals surface area contributed by atoms with Crippen molar-refractivity contribution >= 4 is 45.1 Å². The molecule has 0 saturated carbocycles. The maximum absolute atomic E-state index is 6.13. The van der Waals surface area contributed by atoms with E-state index in [1.165, 1.54) is 0 Å². The predicted octanol–water partition coefficient (Wildman–Crippen LogP) is 4.83. The Morgan fingerprint density at radius 1 is 1.47 bits per heavy atom. The van der Waals surface area contributed by atoms with Crippen LogP contribution in [0, 0.1) is 0 Å². The number of rotatable bonds is 6. The molecule has 0 atom stereocenters. The molecular formula is C12H18BrClN2S. The van der Waals surface area contributed by atoms with Gasteiger partial charge in [0.1, 0.15) is 5.82 Å². The molecule has 0 spiro atoms. The van der Waals surface area contributed by atoms with Gasteiger partial charge in [0.05, 0.1) is 5.02 Å². The Balaban J connectivity index is 2.72. The zero-order valence-corrected chi connectivity index (χ0v) is 13.5. The number of hydrogen-bond acceptors (Lipinski definition) is 3. The third kappa shape index (κ3) is 4.04. The molecule has 1 aromatic rings. The van der Waals surface area contributed by atoms with Crippen LogP contribution in [0.2, 0.25) is 5.02 Å². The molecule has 2 nitrogen and oxygen atoms in total. The molecule has 0 bridgehead atoms. The van der Waals surface area contributed by atoms with Crippen molar-refractivity contribution in [1.29, 1.82) is 0 Å². The van der Waals surface area contributed by atoms with Crippen molar-refractivity contribution in [2.45, 2.75) is 31.4 Å². The van der Waals surface area contributed by atoms with Crippen molar-refractivity contribution < 1.29 is 0 Å². The number of hydrogen-bond donors (Lipinski definition) is 1. The highest BCUT2D eigenvalue weighted by molar-refractivity contribution is 9.10. The molecule has 0 radical (unpaired) electrons. The van der Waals surface area contributed by atoms with Gasteiger partial charge in [0, 0.05) is 22.0 Å². The van der Waals surface area contributed by atoms with E-state index in [1.807, 2.05) is 17.8 Å². The Bertz CT molecular complexity index is 361. The predicted molar refractivity (Wildman–Crippen MR) is 82.3 cm³/mol. The third-order valence-corrected chi connectivity index (χ3v) is 5.42. The second-order valence-electron chi connectivity index (χ2n) is 3.93. The van der Waals surface area contributed by atoms with Crippen molar-refractivity contribution in [2.75, 3.05) is 18.1 Å². The lowest BCUT2D eigenvalue weighted by molar-refractivity contribution is 0.574. The standard InChI is InChI=1S/C12H18BrClN2S/c1-4-12(5-2,17-3)8-16-11-10(14)6-9(13)7-15-11/h6-7H,4-5,8H2,1-3H3,(H,15,16). The van der Waals surface area contributed by atoms with E-state index < -0.39 is 0 Å². The van der Waals surface area contributed by atoms with E-state index in [9.17, 15) is 0 Å². The van der Waals surface area contributed by atoms with Crippen LogP contribution in [-0.2, 0) is 0 Å². The van der Waals surface area contributed by atoms with Crippen molar-refractivity contribution in [3.8, 4) is 0 Å². The number of halogens is 2. The maximum atomic E-state index is 6.13. The van der Waals surface area contributed by atoms with Gasteiger partial charge < -0.3 is 5.32 Å². The van der Waals surface area contributed by atoms with Crippen molar-refractivity contribution in [3.05, 3.63) is 21.8 Å². The zero-order chi connectivity index (χ0) is 12.9. The van der Waals surface area contributed by atoms with Gasteiger partial charge in [-0.25, -0.2) is 4.98 Å². The fourth-order valence-electron chi connectivity index (χ4n) is 1.65. The molecule has 0 aliphatic heterocycles. The summed E-state index contributed by atoms with van der Waals surface area (Å²) in [6, 6.07) is 1.86. The Morgan fingerprint density at radius 2 is 2.12 bits per heavy atom. The number of nitrogens with one attached hydrogen (secondary N) is 1. The summed E-state index contributed by atoms with van der Waals surface area (Å²) in [5, 5.41) is 4.00. The number of pyridine rings is 1. The summed E-state index contributed by atoms with van der Waals surface area (Å²) >= 11 is 11.4. The van der Waals surface area contributed by atoms with E-state index in [4.69, 9.17) is 11.6 Å². The van der Waals surface area contributed by atoms with E-state index in [-0.39, 0.29) is 4.75 Å². The molecule has 0 fully saturated rings. The second kappa shape index (κ2) is 6.86. The minimum atomic E-state index is 0.262. The van der Waals surface area contributed by atoms with Crippen LogP contribution >= 0.6 is 39.3 Å². The molecule has 0 unspecified atom stereocenters. The summed E-state index contributed by atoms with van der Waals surface area (Å²) in [7, 11) is 0. The first-order chi connectivity index (χ1) is 8.06. The largest absolute Gasteiger partial charge is 0.367 e. The minimum absolute atomic E-state index is 0.262. The molecule has 5 heteroatoms. The van der Waals surface area contributed by atoms with Crippen LogP contribution in [0.5, 0.6) is 0 Å². The molecule has 0 aliphatic carbocycles. The van der Waals surface area contributed by atoms with Crippen LogP contribution < -0.4 is 5.32 Å². The smallest absolute Gasteiger partial charge is 0.144 e. The van der Waals surface area contributed by atoms with Crippen LogP contribution in [0.1, 0.15) is 26.7 Å². The summed E-state index contributed by atoms with van der Waals surface area (Å²) in [5.41, 5.74) is 0. The van der Waals surface area contributed by atoms with Gasteiger partial charge in [-0.2, -0.15) is 11.8 Å². The summed E-state index contributed by atoms with van der Waals surface area (Å²) < 4.78 is 1.16. The summed E-state index contributed by atoms with van der Waals surface area (Å²) in [6.45, 7) is 5.33. The lowest BCUT2D eigenvalue weighted by Gasteiger charge is -2.30. The van der Waals surface area contributed by atoms with Gasteiger partial charge in [-0.1, -0.05) is 25.4 Å². The summed E-state index contributed by atoms with van der Waals surface area (Å²) in [6.07, 6.45) is 6.18. The minimum Gasteiger partial charge on any atom is -0.367 e. The first-order valence-electron chi connectivity index (χ1n) is 5.67. The van der Waals surface area contributed by atoms with Gasteiger partial charge in [0.15, 0.2) is 0 Å². The fourth-order valence-corrected chi connectivity index (χ4v) is 3.14. The molecule has 17 heavy (non-hydrogen) atoms. The Morgan fingerprint density at radius 3 is 2.59 bits per heavy atom.